The summed E-state index contributed by atoms with van der Waals surface area (Å²) in [4.78, 5) is 14.0. The summed E-state index contributed by atoms with van der Waals surface area (Å²) in [5, 5.41) is 3.78. The van der Waals surface area contributed by atoms with E-state index in [1.54, 1.807) is 23.1 Å². The Labute approximate surface area is 133 Å². The van der Waals surface area contributed by atoms with Crippen LogP contribution in [-0.4, -0.2) is 43.0 Å². The number of hydrogen-bond donors (Lipinski definition) is 1. The topological polar surface area (TPSA) is 50.8 Å². The van der Waals surface area contributed by atoms with Gasteiger partial charge in [-0.05, 0) is 18.2 Å². The minimum absolute atomic E-state index is 0.188. The number of hydrogen-bond acceptors (Lipinski definition) is 3. The number of piperidine rings is 1. The van der Waals surface area contributed by atoms with E-state index in [2.05, 4.69) is 5.32 Å². The molecule has 2 aliphatic heterocycles. The van der Waals surface area contributed by atoms with Crippen LogP contribution in [0.1, 0.15) is 12.8 Å². The maximum Gasteiger partial charge on any atom is 0.321 e. The van der Waals surface area contributed by atoms with Crippen molar-refractivity contribution in [2.45, 2.75) is 18.6 Å². The van der Waals surface area contributed by atoms with Gasteiger partial charge in [-0.15, -0.1) is 0 Å². The average Bonchev–Trinajstić information content (AvgIpc) is 2.92. The molecule has 0 aliphatic carbocycles. The van der Waals surface area contributed by atoms with Crippen LogP contribution in [0, 0.1) is 0 Å². The lowest BCUT2D eigenvalue weighted by Crippen LogP contribution is -2.48. The summed E-state index contributed by atoms with van der Waals surface area (Å²) in [5.41, 5.74) is 0.516. The number of anilines is 1. The van der Waals surface area contributed by atoms with Gasteiger partial charge in [0, 0.05) is 31.0 Å². The van der Waals surface area contributed by atoms with Crippen molar-refractivity contribution in [1.82, 2.24) is 4.90 Å². The Morgan fingerprint density at radius 2 is 1.86 bits per heavy atom. The Kier molecular flexibility index (Phi) is 4.26. The standard InChI is InChI=1S/C14H16Cl2N2O3/c15-10-1-2-11(16)12(9-10)17-13(19)18-5-3-14(4-6-18)20-7-8-21-14/h1-2,9H,3-8H2,(H,17,19). The van der Waals surface area contributed by atoms with Gasteiger partial charge < -0.3 is 19.7 Å². The van der Waals surface area contributed by atoms with Crippen molar-refractivity contribution in [3.05, 3.63) is 28.2 Å². The fourth-order valence-corrected chi connectivity index (χ4v) is 2.96. The van der Waals surface area contributed by atoms with Crippen molar-refractivity contribution < 1.29 is 14.3 Å². The third-order valence-corrected chi connectivity index (χ3v) is 4.36. The molecule has 2 fully saturated rings. The lowest BCUT2D eigenvalue weighted by molar-refractivity contribution is -0.181. The molecule has 2 heterocycles. The van der Waals surface area contributed by atoms with Crippen LogP contribution in [0.2, 0.25) is 10.0 Å². The zero-order valence-corrected chi connectivity index (χ0v) is 12.9. The number of carbonyl (C=O) groups is 1. The van der Waals surface area contributed by atoms with Crippen molar-refractivity contribution in [3.63, 3.8) is 0 Å². The Morgan fingerprint density at radius 3 is 2.52 bits per heavy atom. The second-order valence-electron chi connectivity index (χ2n) is 5.15. The van der Waals surface area contributed by atoms with Crippen LogP contribution in [0.3, 0.4) is 0 Å². The monoisotopic (exact) mass is 330 g/mol. The van der Waals surface area contributed by atoms with Gasteiger partial charge in [-0.2, -0.15) is 0 Å². The fraction of sp³-hybridized carbons (Fsp3) is 0.500. The molecule has 7 heteroatoms. The molecule has 5 nitrogen and oxygen atoms in total. The van der Waals surface area contributed by atoms with E-state index in [-0.39, 0.29) is 6.03 Å². The minimum Gasteiger partial charge on any atom is -0.347 e. The zero-order chi connectivity index (χ0) is 14.9. The molecule has 0 aromatic heterocycles. The molecule has 1 spiro atoms. The lowest BCUT2D eigenvalue weighted by Gasteiger charge is -2.37. The van der Waals surface area contributed by atoms with E-state index in [0.717, 1.165) is 0 Å². The van der Waals surface area contributed by atoms with Crippen LogP contribution >= 0.6 is 23.2 Å². The number of rotatable bonds is 1. The van der Waals surface area contributed by atoms with E-state index in [1.807, 2.05) is 0 Å². The Balaban J connectivity index is 1.60. The van der Waals surface area contributed by atoms with Crippen LogP contribution in [0.4, 0.5) is 10.5 Å². The van der Waals surface area contributed by atoms with Crippen LogP contribution < -0.4 is 5.32 Å². The second-order valence-corrected chi connectivity index (χ2v) is 5.99. The molecule has 0 bridgehead atoms. The van der Waals surface area contributed by atoms with E-state index in [9.17, 15) is 4.79 Å². The number of benzene rings is 1. The highest BCUT2D eigenvalue weighted by Crippen LogP contribution is 2.32. The average molecular weight is 331 g/mol. The van der Waals surface area contributed by atoms with Crippen LogP contribution in [0.25, 0.3) is 0 Å². The smallest absolute Gasteiger partial charge is 0.321 e. The molecule has 2 amide bonds. The van der Waals surface area contributed by atoms with Gasteiger partial charge in [0.15, 0.2) is 5.79 Å². The molecule has 0 atom stereocenters. The van der Waals surface area contributed by atoms with E-state index in [1.165, 1.54) is 0 Å². The summed E-state index contributed by atoms with van der Waals surface area (Å²) in [6.45, 7) is 2.43. The van der Waals surface area contributed by atoms with E-state index in [4.69, 9.17) is 32.7 Å². The molecule has 1 aromatic carbocycles. The largest absolute Gasteiger partial charge is 0.347 e. The molecule has 114 valence electrons. The Hall–Kier alpha value is -1.01. The van der Waals surface area contributed by atoms with E-state index in [0.29, 0.717) is 54.9 Å². The maximum absolute atomic E-state index is 12.3. The summed E-state index contributed by atoms with van der Waals surface area (Å²) < 4.78 is 11.3. The van der Waals surface area contributed by atoms with Crippen molar-refractivity contribution in [2.75, 3.05) is 31.6 Å². The first-order chi connectivity index (χ1) is 10.1. The normalized spacial score (nSPS) is 20.8. The molecule has 2 saturated heterocycles. The number of likely N-dealkylation sites (tertiary alicyclic amines) is 1. The Bertz CT molecular complexity index is 537. The third kappa shape index (κ3) is 3.26. The predicted octanol–water partition coefficient (Wildman–Crippen LogP) is 3.36. The highest BCUT2D eigenvalue weighted by molar-refractivity contribution is 6.35. The fourth-order valence-electron chi connectivity index (χ4n) is 2.62. The molecule has 2 aliphatic rings. The van der Waals surface area contributed by atoms with Crippen molar-refractivity contribution in [1.29, 1.82) is 0 Å². The first-order valence-electron chi connectivity index (χ1n) is 6.87. The molecule has 21 heavy (non-hydrogen) atoms. The van der Waals surface area contributed by atoms with Gasteiger partial charge in [0.2, 0.25) is 0 Å². The van der Waals surface area contributed by atoms with Crippen LogP contribution in [0.15, 0.2) is 18.2 Å². The molecule has 3 rings (SSSR count). The third-order valence-electron chi connectivity index (χ3n) is 3.80. The first-order valence-corrected chi connectivity index (χ1v) is 7.62. The number of amides is 2. The number of nitrogens with zero attached hydrogens (tertiary/aromatic N) is 1. The van der Waals surface area contributed by atoms with Gasteiger partial charge >= 0.3 is 6.03 Å². The zero-order valence-electron chi connectivity index (χ0n) is 11.4. The SMILES string of the molecule is O=C(Nc1cc(Cl)ccc1Cl)N1CCC2(CC1)OCCO2. The summed E-state index contributed by atoms with van der Waals surface area (Å²) in [6, 6.07) is 4.78. The Morgan fingerprint density at radius 1 is 1.19 bits per heavy atom. The second kappa shape index (κ2) is 6.01. The van der Waals surface area contributed by atoms with Crippen LogP contribution in [-0.2, 0) is 9.47 Å². The van der Waals surface area contributed by atoms with E-state index >= 15 is 0 Å². The molecular weight excluding hydrogens is 315 g/mol. The number of urea groups is 1. The summed E-state index contributed by atoms with van der Waals surface area (Å²) in [6.07, 6.45) is 1.37. The number of halogens is 2. The number of nitrogens with one attached hydrogen (secondary N) is 1. The van der Waals surface area contributed by atoms with Gasteiger partial charge in [0.1, 0.15) is 0 Å². The quantitative estimate of drug-likeness (QED) is 0.858. The summed E-state index contributed by atoms with van der Waals surface area (Å²) in [5.74, 6) is -0.482. The molecule has 1 aromatic rings. The van der Waals surface area contributed by atoms with Gasteiger partial charge in [-0.3, -0.25) is 0 Å². The van der Waals surface area contributed by atoms with Gasteiger partial charge in [-0.1, -0.05) is 23.2 Å². The summed E-state index contributed by atoms with van der Waals surface area (Å²) in [7, 11) is 0. The highest BCUT2D eigenvalue weighted by atomic mass is 35.5. The lowest BCUT2D eigenvalue weighted by atomic mass is 10.0. The molecular formula is C14H16Cl2N2O3. The molecule has 0 unspecified atom stereocenters. The van der Waals surface area contributed by atoms with Crippen LogP contribution in [0.5, 0.6) is 0 Å². The van der Waals surface area contributed by atoms with Gasteiger partial charge in [0.05, 0.1) is 23.9 Å². The molecule has 1 N–H and O–H groups in total. The molecule has 0 saturated carbocycles. The minimum atomic E-state index is -0.482. The number of carbonyl (C=O) groups excluding carboxylic acids is 1. The maximum atomic E-state index is 12.3. The van der Waals surface area contributed by atoms with Gasteiger partial charge in [-0.25, -0.2) is 4.79 Å². The van der Waals surface area contributed by atoms with Crippen molar-refractivity contribution in [3.8, 4) is 0 Å². The first kappa shape index (κ1) is 14.9. The van der Waals surface area contributed by atoms with Gasteiger partial charge in [0.25, 0.3) is 0 Å². The number of ether oxygens (including phenoxy) is 2. The van der Waals surface area contributed by atoms with E-state index < -0.39 is 5.79 Å². The predicted molar refractivity (Wildman–Crippen MR) is 80.9 cm³/mol. The molecule has 0 radical (unpaired) electrons. The van der Waals surface area contributed by atoms with Crippen molar-refractivity contribution in [2.24, 2.45) is 0 Å². The van der Waals surface area contributed by atoms with Crippen molar-refractivity contribution >= 4 is 34.9 Å². The highest BCUT2D eigenvalue weighted by Gasteiger charge is 2.40. The summed E-state index contributed by atoms with van der Waals surface area (Å²) >= 11 is 12.0.